The van der Waals surface area contributed by atoms with Crippen LogP contribution in [-0.4, -0.2) is 27.9 Å². The minimum Gasteiger partial charge on any atom is -0.370 e. The Morgan fingerprint density at radius 2 is 1.91 bits per heavy atom. The van der Waals surface area contributed by atoms with Gasteiger partial charge in [0.2, 0.25) is 5.95 Å². The lowest BCUT2D eigenvalue weighted by Crippen LogP contribution is -2.23. The summed E-state index contributed by atoms with van der Waals surface area (Å²) in [5.41, 5.74) is 1.41. The first-order chi connectivity index (χ1) is 10.8. The molecule has 1 N–H and O–H groups in total. The molecule has 0 spiro atoms. The molecule has 0 saturated heterocycles. The maximum absolute atomic E-state index is 14.3. The van der Waals surface area contributed by atoms with E-state index in [2.05, 4.69) is 36.2 Å². The van der Waals surface area contributed by atoms with Crippen LogP contribution in [0.2, 0.25) is 0 Å². The number of rotatable bonds is 6. The Morgan fingerprint density at radius 1 is 1.22 bits per heavy atom. The van der Waals surface area contributed by atoms with Crippen molar-refractivity contribution in [2.24, 2.45) is 0 Å². The van der Waals surface area contributed by atoms with Crippen molar-refractivity contribution in [3.8, 4) is 0 Å². The summed E-state index contributed by atoms with van der Waals surface area (Å²) in [4.78, 5) is 6.23. The van der Waals surface area contributed by atoms with Gasteiger partial charge in [-0.15, -0.1) is 5.10 Å². The summed E-state index contributed by atoms with van der Waals surface area (Å²) in [5.74, 6) is 0.356. The SMILES string of the molecule is CCN(CC)c1ccc(CNc2ncn(C(C)(C)C)n2)cc1F. The van der Waals surface area contributed by atoms with Crippen molar-refractivity contribution in [2.75, 3.05) is 23.3 Å². The zero-order valence-electron chi connectivity index (χ0n) is 14.6. The Labute approximate surface area is 137 Å². The Kier molecular flexibility index (Phi) is 5.23. The first-order valence-corrected chi connectivity index (χ1v) is 8.04. The predicted octanol–water partition coefficient (Wildman–Crippen LogP) is 3.63. The van der Waals surface area contributed by atoms with Crippen molar-refractivity contribution in [2.45, 2.75) is 46.7 Å². The highest BCUT2D eigenvalue weighted by Crippen LogP contribution is 2.21. The molecule has 0 radical (unpaired) electrons. The van der Waals surface area contributed by atoms with E-state index in [9.17, 15) is 4.39 Å². The highest BCUT2D eigenvalue weighted by atomic mass is 19.1. The van der Waals surface area contributed by atoms with E-state index in [1.165, 1.54) is 0 Å². The fraction of sp³-hybridized carbons (Fsp3) is 0.529. The van der Waals surface area contributed by atoms with E-state index < -0.39 is 0 Å². The lowest BCUT2D eigenvalue weighted by atomic mass is 10.1. The van der Waals surface area contributed by atoms with Crippen molar-refractivity contribution >= 4 is 11.6 Å². The number of halogens is 1. The molecule has 0 atom stereocenters. The van der Waals surface area contributed by atoms with Crippen LogP contribution in [0.15, 0.2) is 24.5 Å². The van der Waals surface area contributed by atoms with Gasteiger partial charge in [-0.25, -0.2) is 14.1 Å². The lowest BCUT2D eigenvalue weighted by Gasteiger charge is -2.21. The molecule has 0 aliphatic heterocycles. The number of nitrogens with one attached hydrogen (secondary N) is 1. The maximum Gasteiger partial charge on any atom is 0.242 e. The van der Waals surface area contributed by atoms with Crippen molar-refractivity contribution in [1.29, 1.82) is 0 Å². The van der Waals surface area contributed by atoms with Gasteiger partial charge in [-0.2, -0.15) is 0 Å². The second-order valence-corrected chi connectivity index (χ2v) is 6.50. The Bertz CT molecular complexity index is 641. The third kappa shape index (κ3) is 4.21. The Hall–Kier alpha value is -2.11. The summed E-state index contributed by atoms with van der Waals surface area (Å²) >= 11 is 0. The number of aromatic nitrogens is 3. The predicted molar refractivity (Wildman–Crippen MR) is 92.3 cm³/mol. The van der Waals surface area contributed by atoms with Gasteiger partial charge in [0.25, 0.3) is 0 Å². The van der Waals surface area contributed by atoms with Gasteiger partial charge in [0.15, 0.2) is 0 Å². The molecule has 0 amide bonds. The molecule has 1 aromatic heterocycles. The van der Waals surface area contributed by atoms with Crippen LogP contribution < -0.4 is 10.2 Å². The third-order valence-corrected chi connectivity index (χ3v) is 3.75. The summed E-state index contributed by atoms with van der Waals surface area (Å²) in [7, 11) is 0. The molecule has 1 heterocycles. The van der Waals surface area contributed by atoms with Crippen LogP contribution in [0.25, 0.3) is 0 Å². The summed E-state index contributed by atoms with van der Waals surface area (Å²) in [6.45, 7) is 12.3. The normalized spacial score (nSPS) is 11.6. The van der Waals surface area contributed by atoms with Crippen LogP contribution in [-0.2, 0) is 12.1 Å². The van der Waals surface area contributed by atoms with E-state index in [0.29, 0.717) is 18.2 Å². The van der Waals surface area contributed by atoms with E-state index in [1.807, 2.05) is 30.9 Å². The molecule has 0 bridgehead atoms. The minimum absolute atomic E-state index is 0.107. The summed E-state index contributed by atoms with van der Waals surface area (Å²) in [5, 5.41) is 7.52. The van der Waals surface area contributed by atoms with Gasteiger partial charge >= 0.3 is 0 Å². The highest BCUT2D eigenvalue weighted by Gasteiger charge is 2.15. The standard InChI is InChI=1S/C17H26FN5/c1-6-22(7-2)15-9-8-13(10-14(15)18)11-19-16-20-12-23(21-16)17(3,4)5/h8-10,12H,6-7,11H2,1-5H3,(H,19,21). The van der Waals surface area contributed by atoms with Crippen LogP contribution >= 0.6 is 0 Å². The zero-order chi connectivity index (χ0) is 17.0. The van der Waals surface area contributed by atoms with Crippen LogP contribution in [0, 0.1) is 5.82 Å². The molecule has 1 aromatic carbocycles. The quantitative estimate of drug-likeness (QED) is 0.883. The van der Waals surface area contributed by atoms with E-state index in [4.69, 9.17) is 0 Å². The van der Waals surface area contributed by atoms with Gasteiger partial charge in [0, 0.05) is 19.6 Å². The van der Waals surface area contributed by atoms with Crippen molar-refractivity contribution in [1.82, 2.24) is 14.8 Å². The summed E-state index contributed by atoms with van der Waals surface area (Å²) < 4.78 is 16.1. The number of benzene rings is 1. The second kappa shape index (κ2) is 6.98. The third-order valence-electron chi connectivity index (χ3n) is 3.75. The molecule has 23 heavy (non-hydrogen) atoms. The van der Waals surface area contributed by atoms with E-state index >= 15 is 0 Å². The molecule has 0 fully saturated rings. The smallest absolute Gasteiger partial charge is 0.242 e. The van der Waals surface area contributed by atoms with Crippen molar-refractivity contribution in [3.63, 3.8) is 0 Å². The fourth-order valence-corrected chi connectivity index (χ4v) is 2.33. The average Bonchev–Trinajstić information content (AvgIpc) is 2.97. The molecule has 0 unspecified atom stereocenters. The molecule has 0 aliphatic rings. The van der Waals surface area contributed by atoms with Crippen LogP contribution in [0.1, 0.15) is 40.2 Å². The van der Waals surface area contributed by atoms with Crippen LogP contribution in [0.4, 0.5) is 16.0 Å². The number of hydrogen-bond donors (Lipinski definition) is 1. The highest BCUT2D eigenvalue weighted by molar-refractivity contribution is 5.49. The molecular formula is C17H26FN5. The Balaban J connectivity index is 2.04. The maximum atomic E-state index is 14.3. The van der Waals surface area contributed by atoms with Crippen LogP contribution in [0.3, 0.4) is 0 Å². The minimum atomic E-state index is -0.193. The number of nitrogens with zero attached hydrogens (tertiary/aromatic N) is 4. The Morgan fingerprint density at radius 3 is 2.43 bits per heavy atom. The van der Waals surface area contributed by atoms with E-state index in [1.54, 1.807) is 17.1 Å². The molecule has 5 nitrogen and oxygen atoms in total. The van der Waals surface area contributed by atoms with Gasteiger partial charge < -0.3 is 10.2 Å². The average molecular weight is 319 g/mol. The zero-order valence-corrected chi connectivity index (χ0v) is 14.6. The van der Waals surface area contributed by atoms with Gasteiger partial charge in [0.05, 0.1) is 11.2 Å². The van der Waals surface area contributed by atoms with Gasteiger partial charge in [-0.3, -0.25) is 0 Å². The monoisotopic (exact) mass is 319 g/mol. The summed E-state index contributed by atoms with van der Waals surface area (Å²) in [6.07, 6.45) is 1.70. The largest absolute Gasteiger partial charge is 0.370 e. The van der Waals surface area contributed by atoms with Gasteiger partial charge in [-0.05, 0) is 52.3 Å². The van der Waals surface area contributed by atoms with E-state index in [-0.39, 0.29) is 11.4 Å². The molecule has 0 saturated carbocycles. The van der Waals surface area contributed by atoms with E-state index in [0.717, 1.165) is 18.7 Å². The molecule has 2 aromatic rings. The summed E-state index contributed by atoms with van der Waals surface area (Å²) in [6, 6.07) is 5.34. The molecule has 0 aliphatic carbocycles. The number of hydrogen-bond acceptors (Lipinski definition) is 4. The van der Waals surface area contributed by atoms with Crippen molar-refractivity contribution < 1.29 is 4.39 Å². The van der Waals surface area contributed by atoms with Crippen LogP contribution in [0.5, 0.6) is 0 Å². The molecular weight excluding hydrogens is 293 g/mol. The first kappa shape index (κ1) is 17.2. The molecule has 2 rings (SSSR count). The first-order valence-electron chi connectivity index (χ1n) is 8.04. The fourth-order valence-electron chi connectivity index (χ4n) is 2.33. The number of anilines is 2. The van der Waals surface area contributed by atoms with Crippen molar-refractivity contribution in [3.05, 3.63) is 35.9 Å². The molecule has 6 heteroatoms. The molecule has 126 valence electrons. The topological polar surface area (TPSA) is 46.0 Å². The van der Waals surface area contributed by atoms with Gasteiger partial charge in [0.1, 0.15) is 12.1 Å². The second-order valence-electron chi connectivity index (χ2n) is 6.50. The van der Waals surface area contributed by atoms with Gasteiger partial charge in [-0.1, -0.05) is 6.07 Å². The lowest BCUT2D eigenvalue weighted by molar-refractivity contribution is 0.355.